The molecule has 6 heteroatoms. The second kappa shape index (κ2) is 6.42. The molecule has 0 fully saturated rings. The standard InChI is InChI=1S/C8H11N.BF4/c1-2-9-8-6-4-3-5-7-8;2-1(3,4)5/h3-7,9H,2H2,1H3;/q;-1/p+1. The lowest BCUT2D eigenvalue weighted by atomic mass is 10.3. The van der Waals surface area contributed by atoms with Gasteiger partial charge in [0.1, 0.15) is 5.69 Å². The molecule has 1 nitrogen and oxygen atoms in total. The van der Waals surface area contributed by atoms with Gasteiger partial charge < -0.3 is 22.6 Å². The van der Waals surface area contributed by atoms with Crippen molar-refractivity contribution in [1.82, 2.24) is 0 Å². The van der Waals surface area contributed by atoms with E-state index in [2.05, 4.69) is 36.5 Å². The van der Waals surface area contributed by atoms with Gasteiger partial charge in [-0.3, -0.25) is 0 Å². The lowest BCUT2D eigenvalue weighted by Crippen LogP contribution is -2.77. The van der Waals surface area contributed by atoms with Gasteiger partial charge in [-0.25, -0.2) is 0 Å². The third-order valence-corrected chi connectivity index (χ3v) is 1.24. The van der Waals surface area contributed by atoms with Crippen LogP contribution in [0.25, 0.3) is 0 Å². The SMILES string of the molecule is CC[NH2+]c1ccccc1.F[B-](F)(F)F. The van der Waals surface area contributed by atoms with E-state index in [1.165, 1.54) is 5.69 Å². The topological polar surface area (TPSA) is 16.6 Å². The lowest BCUT2D eigenvalue weighted by Gasteiger charge is -1.94. The van der Waals surface area contributed by atoms with Crippen LogP contribution in [0.2, 0.25) is 0 Å². The van der Waals surface area contributed by atoms with Crippen LogP contribution in [-0.4, -0.2) is 13.8 Å². The van der Waals surface area contributed by atoms with Crippen molar-refractivity contribution in [2.24, 2.45) is 0 Å². The summed E-state index contributed by atoms with van der Waals surface area (Å²) in [7, 11) is -6.00. The molecule has 0 aromatic heterocycles. The Morgan fingerprint density at radius 2 is 1.50 bits per heavy atom. The maximum Gasteiger partial charge on any atom is 0.673 e. The van der Waals surface area contributed by atoms with Gasteiger partial charge in [-0.2, -0.15) is 0 Å². The largest absolute Gasteiger partial charge is 0.673 e. The summed E-state index contributed by atoms with van der Waals surface area (Å²) in [6.45, 7) is 3.26. The van der Waals surface area contributed by atoms with Gasteiger partial charge >= 0.3 is 7.25 Å². The van der Waals surface area contributed by atoms with Crippen LogP contribution in [0.4, 0.5) is 23.0 Å². The highest BCUT2D eigenvalue weighted by atomic mass is 19.5. The third kappa shape index (κ3) is 11.0. The highest BCUT2D eigenvalue weighted by molar-refractivity contribution is 6.50. The second-order valence-corrected chi connectivity index (χ2v) is 2.52. The number of para-hydroxylation sites is 1. The van der Waals surface area contributed by atoms with Crippen LogP contribution in [0.5, 0.6) is 0 Å². The van der Waals surface area contributed by atoms with E-state index in [1.807, 2.05) is 6.07 Å². The van der Waals surface area contributed by atoms with Gasteiger partial charge in [0.05, 0.1) is 6.54 Å². The summed E-state index contributed by atoms with van der Waals surface area (Å²) in [6, 6.07) is 10.4. The molecule has 0 heterocycles. The zero-order valence-electron chi connectivity index (χ0n) is 7.76. The molecule has 0 amide bonds. The van der Waals surface area contributed by atoms with E-state index in [0.717, 1.165) is 6.54 Å². The van der Waals surface area contributed by atoms with E-state index in [-0.39, 0.29) is 0 Å². The average molecular weight is 209 g/mol. The molecular weight excluding hydrogens is 197 g/mol. The molecule has 80 valence electrons. The molecule has 0 aliphatic heterocycles. The Balaban J connectivity index is 0.000000292. The Bertz CT molecular complexity index is 231. The van der Waals surface area contributed by atoms with Gasteiger partial charge in [-0.15, -0.1) is 0 Å². The quantitative estimate of drug-likeness (QED) is 0.436. The molecule has 0 saturated carbocycles. The predicted molar refractivity (Wildman–Crippen MR) is 48.8 cm³/mol. The van der Waals surface area contributed by atoms with E-state index in [4.69, 9.17) is 0 Å². The van der Waals surface area contributed by atoms with Crippen molar-refractivity contribution < 1.29 is 22.6 Å². The van der Waals surface area contributed by atoms with Crippen LogP contribution in [0.15, 0.2) is 30.3 Å². The normalized spacial score (nSPS) is 10.4. The zero-order valence-corrected chi connectivity index (χ0v) is 7.76. The van der Waals surface area contributed by atoms with E-state index >= 15 is 0 Å². The second-order valence-electron chi connectivity index (χ2n) is 2.52. The van der Waals surface area contributed by atoms with Crippen molar-refractivity contribution in [3.63, 3.8) is 0 Å². The maximum absolute atomic E-state index is 9.75. The minimum atomic E-state index is -6.00. The van der Waals surface area contributed by atoms with Gasteiger partial charge in [-0.1, -0.05) is 18.2 Å². The van der Waals surface area contributed by atoms with Crippen molar-refractivity contribution >= 4 is 12.9 Å². The van der Waals surface area contributed by atoms with E-state index < -0.39 is 7.25 Å². The van der Waals surface area contributed by atoms with Crippen molar-refractivity contribution in [3.8, 4) is 0 Å². The molecule has 0 aliphatic rings. The highest BCUT2D eigenvalue weighted by Crippen LogP contribution is 2.06. The molecule has 0 unspecified atom stereocenters. The minimum Gasteiger partial charge on any atom is -0.418 e. The van der Waals surface area contributed by atoms with Crippen LogP contribution >= 0.6 is 0 Å². The maximum atomic E-state index is 9.75. The van der Waals surface area contributed by atoms with E-state index in [9.17, 15) is 17.3 Å². The Kier molecular flexibility index (Phi) is 5.95. The molecule has 1 aromatic rings. The van der Waals surface area contributed by atoms with Crippen molar-refractivity contribution in [3.05, 3.63) is 30.3 Å². The molecule has 0 atom stereocenters. The zero-order chi connectivity index (χ0) is 11.0. The molecule has 0 bridgehead atoms. The molecule has 0 spiro atoms. The molecular formula is C8H12BF4N. The molecule has 0 saturated heterocycles. The first-order valence-electron chi connectivity index (χ1n) is 4.19. The number of hydrogen-bond acceptors (Lipinski definition) is 0. The average Bonchev–Trinajstić information content (AvgIpc) is 2.03. The summed E-state index contributed by atoms with van der Waals surface area (Å²) in [5, 5.41) is 2.21. The van der Waals surface area contributed by atoms with E-state index in [0.29, 0.717) is 0 Å². The number of benzene rings is 1. The predicted octanol–water partition coefficient (Wildman–Crippen LogP) is 2.20. The van der Waals surface area contributed by atoms with E-state index in [1.54, 1.807) is 0 Å². The van der Waals surface area contributed by atoms with Gasteiger partial charge in [-0.05, 0) is 19.1 Å². The number of halogens is 4. The molecule has 1 rings (SSSR count). The smallest absolute Gasteiger partial charge is 0.418 e. The van der Waals surface area contributed by atoms with Crippen LogP contribution in [-0.2, 0) is 0 Å². The number of rotatable bonds is 2. The monoisotopic (exact) mass is 209 g/mol. The molecule has 0 radical (unpaired) electrons. The molecule has 1 aromatic carbocycles. The van der Waals surface area contributed by atoms with Gasteiger partial charge in [0.15, 0.2) is 0 Å². The Morgan fingerprint density at radius 1 is 1.07 bits per heavy atom. The Hall–Kier alpha value is -1.04. The van der Waals surface area contributed by atoms with Gasteiger partial charge in [0.25, 0.3) is 0 Å². The van der Waals surface area contributed by atoms with Crippen molar-refractivity contribution in [2.45, 2.75) is 6.92 Å². The third-order valence-electron chi connectivity index (χ3n) is 1.24. The molecule has 2 N–H and O–H groups in total. The summed E-state index contributed by atoms with van der Waals surface area (Å²) in [4.78, 5) is 0. The Morgan fingerprint density at radius 3 is 1.86 bits per heavy atom. The molecule has 0 aliphatic carbocycles. The fourth-order valence-corrected chi connectivity index (χ4v) is 0.825. The first-order valence-corrected chi connectivity index (χ1v) is 4.19. The number of quaternary nitrogens is 1. The summed E-state index contributed by atoms with van der Waals surface area (Å²) in [5.41, 5.74) is 1.32. The van der Waals surface area contributed by atoms with Crippen LogP contribution < -0.4 is 5.32 Å². The van der Waals surface area contributed by atoms with Crippen molar-refractivity contribution in [1.29, 1.82) is 0 Å². The number of nitrogens with two attached hydrogens (primary N) is 1. The fourth-order valence-electron chi connectivity index (χ4n) is 0.825. The van der Waals surface area contributed by atoms with Gasteiger partial charge in [0, 0.05) is 0 Å². The first-order chi connectivity index (χ1) is 6.43. The summed E-state index contributed by atoms with van der Waals surface area (Å²) < 4.78 is 39.0. The molecule has 14 heavy (non-hydrogen) atoms. The first kappa shape index (κ1) is 13.0. The summed E-state index contributed by atoms with van der Waals surface area (Å²) >= 11 is 0. The van der Waals surface area contributed by atoms with Crippen LogP contribution in [0.3, 0.4) is 0 Å². The Labute approximate surface area is 80.2 Å². The van der Waals surface area contributed by atoms with Crippen LogP contribution in [0.1, 0.15) is 6.92 Å². The highest BCUT2D eigenvalue weighted by Gasteiger charge is 2.20. The van der Waals surface area contributed by atoms with Crippen LogP contribution in [0, 0.1) is 0 Å². The van der Waals surface area contributed by atoms with Gasteiger partial charge in [0.2, 0.25) is 0 Å². The fraction of sp³-hybridized carbons (Fsp3) is 0.250. The lowest BCUT2D eigenvalue weighted by molar-refractivity contribution is -0.567. The summed E-state index contributed by atoms with van der Waals surface area (Å²) in [5.74, 6) is 0. The summed E-state index contributed by atoms with van der Waals surface area (Å²) in [6.07, 6.45) is 0. The number of hydrogen-bond donors (Lipinski definition) is 1. The van der Waals surface area contributed by atoms with Crippen molar-refractivity contribution in [2.75, 3.05) is 6.54 Å². The minimum absolute atomic E-state index is 1.12.